The van der Waals surface area contributed by atoms with Crippen molar-refractivity contribution in [3.05, 3.63) is 59.7 Å². The number of likely N-dealkylation sites (tertiary alicyclic amines) is 1. The van der Waals surface area contributed by atoms with Gasteiger partial charge in [0.25, 0.3) is 20.2 Å². The lowest BCUT2D eigenvalue weighted by molar-refractivity contribution is 0.309. The molecule has 11 heteroatoms. The fraction of sp³-hybridized carbons (Fsp3) is 0.429. The third-order valence-corrected chi connectivity index (χ3v) is 6.29. The first-order valence-corrected chi connectivity index (χ1v) is 12.8. The first-order chi connectivity index (χ1) is 14.8. The van der Waals surface area contributed by atoms with Crippen LogP contribution in [0, 0.1) is 13.8 Å². The molecular formula is C21H31FN2O6S2. The summed E-state index contributed by atoms with van der Waals surface area (Å²) in [6, 6.07) is 12.3. The molecule has 2 aromatic rings. The average molecular weight is 491 g/mol. The summed E-state index contributed by atoms with van der Waals surface area (Å²) in [7, 11) is -8.04. The smallest absolute Gasteiger partial charge is 0.294 e. The quantitative estimate of drug-likeness (QED) is 0.544. The molecule has 32 heavy (non-hydrogen) atoms. The van der Waals surface area contributed by atoms with Crippen molar-refractivity contribution < 1.29 is 30.3 Å². The van der Waals surface area contributed by atoms with Crippen molar-refractivity contribution in [3.8, 4) is 0 Å². The van der Waals surface area contributed by atoms with Gasteiger partial charge in [-0.2, -0.15) is 16.8 Å². The number of alkyl halides is 1. The molecule has 3 rings (SSSR count). The predicted molar refractivity (Wildman–Crippen MR) is 122 cm³/mol. The normalized spacial score (nSPS) is 16.5. The van der Waals surface area contributed by atoms with Crippen molar-refractivity contribution in [1.82, 2.24) is 4.90 Å². The van der Waals surface area contributed by atoms with Crippen LogP contribution in [-0.2, 0) is 20.2 Å². The number of nitrogens with two attached hydrogens (primary N) is 1. The van der Waals surface area contributed by atoms with E-state index < -0.39 is 20.2 Å². The fourth-order valence-corrected chi connectivity index (χ4v) is 3.73. The highest BCUT2D eigenvalue weighted by molar-refractivity contribution is 7.86. The van der Waals surface area contributed by atoms with Gasteiger partial charge in [-0.1, -0.05) is 35.4 Å². The van der Waals surface area contributed by atoms with Gasteiger partial charge >= 0.3 is 0 Å². The molecule has 0 radical (unpaired) electrons. The summed E-state index contributed by atoms with van der Waals surface area (Å²) in [6.07, 6.45) is 1.74. The maximum atomic E-state index is 11.7. The summed E-state index contributed by atoms with van der Waals surface area (Å²) in [5, 5.41) is 0. The molecule has 2 aromatic carbocycles. The lowest BCUT2D eigenvalue weighted by atomic mass is 10.2. The fourth-order valence-electron chi connectivity index (χ4n) is 2.77. The zero-order valence-electron chi connectivity index (χ0n) is 18.2. The van der Waals surface area contributed by atoms with Crippen LogP contribution in [0.25, 0.3) is 0 Å². The lowest BCUT2D eigenvalue weighted by Gasteiger charge is -2.12. The van der Waals surface area contributed by atoms with E-state index in [9.17, 15) is 21.2 Å². The van der Waals surface area contributed by atoms with Gasteiger partial charge in [0.1, 0.15) is 0 Å². The molecule has 1 unspecified atom stereocenters. The second kappa shape index (κ2) is 13.0. The van der Waals surface area contributed by atoms with Crippen molar-refractivity contribution >= 4 is 20.2 Å². The number of halogens is 1. The van der Waals surface area contributed by atoms with Crippen LogP contribution in [-0.4, -0.2) is 63.2 Å². The second-order valence-corrected chi connectivity index (χ2v) is 10.3. The molecule has 1 aliphatic rings. The van der Waals surface area contributed by atoms with Crippen molar-refractivity contribution in [1.29, 1.82) is 0 Å². The van der Waals surface area contributed by atoms with E-state index in [1.165, 1.54) is 24.3 Å². The number of rotatable bonds is 5. The number of hydrogen-bond donors (Lipinski definition) is 3. The van der Waals surface area contributed by atoms with E-state index in [4.69, 9.17) is 14.8 Å². The number of nitrogens with zero attached hydrogens (tertiary/aromatic N) is 1. The van der Waals surface area contributed by atoms with E-state index in [-0.39, 0.29) is 16.5 Å². The van der Waals surface area contributed by atoms with Gasteiger partial charge in [0.15, 0.2) is 0 Å². The van der Waals surface area contributed by atoms with Gasteiger partial charge in [-0.3, -0.25) is 13.5 Å². The van der Waals surface area contributed by atoms with Crippen molar-refractivity contribution in [2.45, 2.75) is 42.5 Å². The summed E-state index contributed by atoms with van der Waals surface area (Å²) >= 11 is 0. The third kappa shape index (κ3) is 11.1. The highest BCUT2D eigenvalue weighted by Gasteiger charge is 2.17. The first kappa shape index (κ1) is 28.1. The van der Waals surface area contributed by atoms with Gasteiger partial charge in [-0.25, -0.2) is 0 Å². The van der Waals surface area contributed by atoms with Gasteiger partial charge in [0.2, 0.25) is 0 Å². The molecule has 8 nitrogen and oxygen atoms in total. The zero-order valence-corrected chi connectivity index (χ0v) is 19.8. The van der Waals surface area contributed by atoms with E-state index in [1.807, 2.05) is 13.8 Å². The Bertz CT molecular complexity index is 953. The molecule has 0 bridgehead atoms. The molecule has 1 heterocycles. The molecule has 0 aliphatic carbocycles. The van der Waals surface area contributed by atoms with Crippen LogP contribution >= 0.6 is 0 Å². The van der Waals surface area contributed by atoms with Crippen molar-refractivity contribution in [2.75, 3.05) is 26.3 Å². The van der Waals surface area contributed by atoms with Gasteiger partial charge in [0.05, 0.1) is 16.5 Å². The standard InChI is InChI=1S/C7H15FN2.2C7H8O3S/c8-3-1-4-10-5-2-7(9)6-10;2*1-6-2-4-7(5-3-6)11(8,9)10/h7H,1-6,9H2;2*2-5H,1H3,(H,8,9,10). The van der Waals surface area contributed by atoms with E-state index >= 15 is 0 Å². The Labute approximate surface area is 189 Å². The van der Waals surface area contributed by atoms with Gasteiger partial charge in [-0.15, -0.1) is 0 Å². The first-order valence-electron chi connectivity index (χ1n) is 9.95. The van der Waals surface area contributed by atoms with Crippen LogP contribution in [0.1, 0.15) is 24.0 Å². The second-order valence-electron chi connectivity index (χ2n) is 7.47. The third-order valence-electron chi connectivity index (χ3n) is 4.55. The maximum Gasteiger partial charge on any atom is 0.294 e. The van der Waals surface area contributed by atoms with Gasteiger partial charge < -0.3 is 10.6 Å². The number of hydrogen-bond acceptors (Lipinski definition) is 6. The molecule has 1 aliphatic heterocycles. The summed E-state index contributed by atoms with van der Waals surface area (Å²) in [5.74, 6) is 0. The largest absolute Gasteiger partial charge is 0.326 e. The molecular weight excluding hydrogens is 459 g/mol. The SMILES string of the molecule is Cc1ccc(S(=O)(=O)O)cc1.Cc1ccc(S(=O)(=O)O)cc1.NC1CCN(CCCF)C1. The summed E-state index contributed by atoms with van der Waals surface area (Å²) < 4.78 is 70.8. The molecule has 0 aromatic heterocycles. The topological polar surface area (TPSA) is 138 Å². The Hall–Kier alpha value is -1.89. The van der Waals surface area contributed by atoms with E-state index in [0.717, 1.165) is 37.2 Å². The molecule has 1 fully saturated rings. The summed E-state index contributed by atoms with van der Waals surface area (Å²) in [4.78, 5) is 2.09. The molecule has 1 saturated heterocycles. The Morgan fingerprint density at radius 1 is 0.906 bits per heavy atom. The van der Waals surface area contributed by atoms with Crippen molar-refractivity contribution in [2.24, 2.45) is 5.73 Å². The number of aryl methyl sites for hydroxylation is 2. The van der Waals surface area contributed by atoms with Crippen LogP contribution in [0.5, 0.6) is 0 Å². The minimum absolute atomic E-state index is 0.0666. The molecule has 1 atom stereocenters. The maximum absolute atomic E-state index is 11.7. The van der Waals surface area contributed by atoms with Gasteiger partial charge in [-0.05, 0) is 57.5 Å². The van der Waals surface area contributed by atoms with Crippen LogP contribution in [0.4, 0.5) is 4.39 Å². The van der Waals surface area contributed by atoms with Crippen LogP contribution in [0.15, 0.2) is 58.3 Å². The average Bonchev–Trinajstić information content (AvgIpc) is 3.12. The minimum Gasteiger partial charge on any atom is -0.326 e. The molecule has 0 spiro atoms. The minimum atomic E-state index is -4.02. The molecule has 4 N–H and O–H groups in total. The Morgan fingerprint density at radius 3 is 1.59 bits per heavy atom. The highest BCUT2D eigenvalue weighted by atomic mass is 32.2. The monoisotopic (exact) mass is 490 g/mol. The highest BCUT2D eigenvalue weighted by Crippen LogP contribution is 2.09. The predicted octanol–water partition coefficient (Wildman–Crippen LogP) is 2.86. The van der Waals surface area contributed by atoms with Crippen LogP contribution < -0.4 is 5.73 Å². The number of benzene rings is 2. The summed E-state index contributed by atoms with van der Waals surface area (Å²) in [5.41, 5.74) is 7.57. The molecule has 180 valence electrons. The Balaban J connectivity index is 0.000000240. The van der Waals surface area contributed by atoms with E-state index in [2.05, 4.69) is 4.90 Å². The lowest BCUT2D eigenvalue weighted by Crippen LogP contribution is -2.27. The Kier molecular flexibility index (Phi) is 11.4. The molecule has 0 saturated carbocycles. The zero-order chi connectivity index (χ0) is 24.4. The van der Waals surface area contributed by atoms with Crippen LogP contribution in [0.2, 0.25) is 0 Å². The Morgan fingerprint density at radius 2 is 1.31 bits per heavy atom. The summed E-state index contributed by atoms with van der Waals surface area (Å²) in [6.45, 7) is 6.37. The van der Waals surface area contributed by atoms with Gasteiger partial charge in [0, 0.05) is 19.1 Å². The van der Waals surface area contributed by atoms with E-state index in [1.54, 1.807) is 24.3 Å². The molecule has 0 amide bonds. The van der Waals surface area contributed by atoms with Crippen LogP contribution in [0.3, 0.4) is 0 Å². The van der Waals surface area contributed by atoms with Crippen molar-refractivity contribution in [3.63, 3.8) is 0 Å². The van der Waals surface area contributed by atoms with E-state index in [0.29, 0.717) is 12.5 Å².